The topological polar surface area (TPSA) is 74.2 Å². The predicted molar refractivity (Wildman–Crippen MR) is 127 cm³/mol. The number of anilines is 2. The molecule has 33 heavy (non-hydrogen) atoms. The van der Waals surface area contributed by atoms with Gasteiger partial charge in [0.1, 0.15) is 0 Å². The first-order chi connectivity index (χ1) is 15.5. The highest BCUT2D eigenvalue weighted by molar-refractivity contribution is 5.92. The second-order valence-electron chi connectivity index (χ2n) is 9.48. The molecule has 1 aliphatic rings. The highest BCUT2D eigenvalue weighted by Gasteiger charge is 2.29. The van der Waals surface area contributed by atoms with Gasteiger partial charge in [-0.1, -0.05) is 18.2 Å². The number of nitrogens with one attached hydrogen (secondary N) is 1. The Balaban J connectivity index is 1.68. The van der Waals surface area contributed by atoms with E-state index in [0.717, 1.165) is 47.9 Å². The van der Waals surface area contributed by atoms with Gasteiger partial charge in [-0.05, 0) is 57.7 Å². The van der Waals surface area contributed by atoms with Gasteiger partial charge in [-0.2, -0.15) is 5.10 Å². The number of piperidine rings is 1. The van der Waals surface area contributed by atoms with Gasteiger partial charge in [0.15, 0.2) is 5.82 Å². The number of aromatic nitrogens is 3. The molecule has 3 heterocycles. The largest absolute Gasteiger partial charge is 0.390 e. The van der Waals surface area contributed by atoms with Crippen molar-refractivity contribution in [2.24, 2.45) is 0 Å². The van der Waals surface area contributed by atoms with Crippen molar-refractivity contribution < 1.29 is 13.9 Å². The minimum absolute atomic E-state index is 0.0263. The molecule has 0 amide bonds. The Morgan fingerprint density at radius 3 is 2.55 bits per heavy atom. The van der Waals surface area contributed by atoms with Gasteiger partial charge in [0.25, 0.3) is 5.92 Å². The first-order valence-corrected chi connectivity index (χ1v) is 11.3. The molecular formula is C25H31F2N5O. The number of alkyl halides is 2. The van der Waals surface area contributed by atoms with E-state index in [1.807, 2.05) is 39.1 Å². The third kappa shape index (κ3) is 4.76. The zero-order chi connectivity index (χ0) is 24.0. The van der Waals surface area contributed by atoms with E-state index in [9.17, 15) is 13.9 Å². The van der Waals surface area contributed by atoms with E-state index in [2.05, 4.69) is 25.4 Å². The number of hydrogen-bond acceptors (Lipinski definition) is 6. The van der Waals surface area contributed by atoms with Gasteiger partial charge in [0.05, 0.1) is 34.7 Å². The summed E-state index contributed by atoms with van der Waals surface area (Å²) in [6.07, 6.45) is 3.22. The van der Waals surface area contributed by atoms with Crippen LogP contribution in [0.15, 0.2) is 30.5 Å². The number of rotatable bonds is 5. The number of nitrogens with zero attached hydrogens (tertiary/aromatic N) is 4. The monoisotopic (exact) mass is 455 g/mol. The van der Waals surface area contributed by atoms with Crippen molar-refractivity contribution in [3.05, 3.63) is 52.8 Å². The molecule has 2 aromatic heterocycles. The first kappa shape index (κ1) is 23.3. The summed E-state index contributed by atoms with van der Waals surface area (Å²) in [4.78, 5) is 6.86. The van der Waals surface area contributed by atoms with Crippen LogP contribution in [0.4, 0.5) is 20.3 Å². The number of fused-ring (bicyclic) bond motifs is 1. The van der Waals surface area contributed by atoms with Crippen molar-refractivity contribution >= 4 is 22.4 Å². The van der Waals surface area contributed by atoms with Crippen molar-refractivity contribution in [1.82, 2.24) is 15.2 Å². The fourth-order valence-corrected chi connectivity index (χ4v) is 4.56. The predicted octanol–water partition coefficient (Wildman–Crippen LogP) is 5.28. The normalized spacial score (nSPS) is 17.3. The Morgan fingerprint density at radius 2 is 1.88 bits per heavy atom. The Hall–Kier alpha value is -2.87. The second-order valence-corrected chi connectivity index (χ2v) is 9.48. The second kappa shape index (κ2) is 8.48. The molecule has 4 rings (SSSR count). The number of halogens is 2. The summed E-state index contributed by atoms with van der Waals surface area (Å²) in [6.45, 7) is 9.80. The minimum Gasteiger partial charge on any atom is -0.390 e. The molecule has 2 N–H and O–H groups in total. The maximum atomic E-state index is 14.0. The van der Waals surface area contributed by atoms with Crippen LogP contribution in [0.5, 0.6) is 0 Å². The molecule has 0 radical (unpaired) electrons. The molecule has 1 saturated heterocycles. The lowest BCUT2D eigenvalue weighted by Gasteiger charge is -2.37. The Morgan fingerprint density at radius 1 is 1.18 bits per heavy atom. The molecule has 1 fully saturated rings. The molecule has 1 atom stereocenters. The zero-order valence-electron chi connectivity index (χ0n) is 19.8. The number of pyridine rings is 1. The molecule has 0 bridgehead atoms. The van der Waals surface area contributed by atoms with Gasteiger partial charge in [0, 0.05) is 31.0 Å². The first-order valence-electron chi connectivity index (χ1n) is 11.3. The van der Waals surface area contributed by atoms with Gasteiger partial charge in [-0.15, -0.1) is 5.10 Å². The third-order valence-corrected chi connectivity index (χ3v) is 6.65. The quantitative estimate of drug-likeness (QED) is 0.545. The van der Waals surface area contributed by atoms with Crippen LogP contribution in [0.3, 0.4) is 0 Å². The molecular weight excluding hydrogens is 424 g/mol. The molecule has 0 saturated carbocycles. The fraction of sp³-hybridized carbons (Fsp3) is 0.480. The molecule has 176 valence electrons. The molecule has 1 aromatic carbocycles. The van der Waals surface area contributed by atoms with Crippen LogP contribution in [0.2, 0.25) is 0 Å². The van der Waals surface area contributed by atoms with Gasteiger partial charge in [-0.3, -0.25) is 4.98 Å². The molecule has 0 unspecified atom stereocenters. The van der Waals surface area contributed by atoms with E-state index in [4.69, 9.17) is 0 Å². The summed E-state index contributed by atoms with van der Waals surface area (Å²) in [5.74, 6) is -2.34. The van der Waals surface area contributed by atoms with E-state index in [1.165, 1.54) is 6.07 Å². The van der Waals surface area contributed by atoms with Gasteiger partial charge < -0.3 is 15.3 Å². The molecule has 8 heteroatoms. The Labute approximate surface area is 193 Å². The minimum atomic E-state index is -2.91. The molecule has 0 spiro atoms. The lowest BCUT2D eigenvalue weighted by Crippen LogP contribution is -2.42. The van der Waals surface area contributed by atoms with Crippen molar-refractivity contribution in [1.29, 1.82) is 0 Å². The highest BCUT2D eigenvalue weighted by atomic mass is 19.3. The average Bonchev–Trinajstić information content (AvgIpc) is 2.75. The summed E-state index contributed by atoms with van der Waals surface area (Å²) in [5, 5.41) is 23.1. The van der Waals surface area contributed by atoms with E-state index < -0.39 is 11.5 Å². The third-order valence-electron chi connectivity index (χ3n) is 6.65. The molecule has 3 aromatic rings. The van der Waals surface area contributed by atoms with E-state index in [0.29, 0.717) is 24.2 Å². The smallest absolute Gasteiger partial charge is 0.270 e. The van der Waals surface area contributed by atoms with E-state index in [-0.39, 0.29) is 11.6 Å². The summed E-state index contributed by atoms with van der Waals surface area (Å²) >= 11 is 0. The van der Waals surface area contributed by atoms with Crippen LogP contribution in [-0.4, -0.2) is 39.0 Å². The summed E-state index contributed by atoms with van der Waals surface area (Å²) in [5.41, 5.74) is 3.18. The standard InChI is InChI=1S/C25H31F2N5O/c1-15-19(7-6-8-21(15)25(5,26)27)16(2)29-23-20-13-18(14-28-22(20)17(3)30-31-23)32-11-9-24(4,33)10-12-32/h6-8,13-14,16,33H,9-12H2,1-5H3,(H,29,31)/t16-/m1/s1. The molecule has 6 nitrogen and oxygen atoms in total. The Kier molecular flexibility index (Phi) is 5.99. The lowest BCUT2D eigenvalue weighted by atomic mass is 9.93. The van der Waals surface area contributed by atoms with Crippen LogP contribution in [0, 0.1) is 13.8 Å². The van der Waals surface area contributed by atoms with E-state index >= 15 is 0 Å². The van der Waals surface area contributed by atoms with Crippen LogP contribution < -0.4 is 10.2 Å². The van der Waals surface area contributed by atoms with Crippen LogP contribution >= 0.6 is 0 Å². The molecule has 1 aliphatic heterocycles. The number of aliphatic hydroxyl groups is 1. The van der Waals surface area contributed by atoms with Crippen molar-refractivity contribution in [3.8, 4) is 0 Å². The molecule has 0 aliphatic carbocycles. The van der Waals surface area contributed by atoms with Crippen molar-refractivity contribution in [3.63, 3.8) is 0 Å². The summed E-state index contributed by atoms with van der Waals surface area (Å²) in [7, 11) is 0. The number of hydrogen-bond donors (Lipinski definition) is 2. The maximum absolute atomic E-state index is 14.0. The highest BCUT2D eigenvalue weighted by Crippen LogP contribution is 2.35. The number of aryl methyl sites for hydroxylation is 1. The van der Waals surface area contributed by atoms with Gasteiger partial charge in [-0.25, -0.2) is 8.78 Å². The maximum Gasteiger partial charge on any atom is 0.270 e. The van der Waals surface area contributed by atoms with Crippen LogP contribution in [0.25, 0.3) is 10.9 Å². The zero-order valence-corrected chi connectivity index (χ0v) is 19.8. The lowest BCUT2D eigenvalue weighted by molar-refractivity contribution is 0.0167. The van der Waals surface area contributed by atoms with Crippen molar-refractivity contribution in [2.75, 3.05) is 23.3 Å². The van der Waals surface area contributed by atoms with E-state index in [1.54, 1.807) is 13.0 Å². The Bertz CT molecular complexity index is 1170. The van der Waals surface area contributed by atoms with Crippen molar-refractivity contribution in [2.45, 2.75) is 65.0 Å². The summed E-state index contributed by atoms with van der Waals surface area (Å²) in [6, 6.07) is 6.77. The average molecular weight is 456 g/mol. The summed E-state index contributed by atoms with van der Waals surface area (Å²) < 4.78 is 28.1. The van der Waals surface area contributed by atoms with Gasteiger partial charge in [0.2, 0.25) is 0 Å². The van der Waals surface area contributed by atoms with Crippen LogP contribution in [0.1, 0.15) is 62.0 Å². The fourth-order valence-electron chi connectivity index (χ4n) is 4.56. The SMILES string of the molecule is Cc1c([C@@H](C)Nc2nnc(C)c3ncc(N4CCC(C)(O)CC4)cc23)cccc1C(C)(F)F. The number of benzene rings is 1. The van der Waals surface area contributed by atoms with Crippen LogP contribution in [-0.2, 0) is 5.92 Å². The van der Waals surface area contributed by atoms with Gasteiger partial charge >= 0.3 is 0 Å².